The number of carbonyl (C=O) groups excluding carboxylic acids is 1. The van der Waals surface area contributed by atoms with E-state index in [9.17, 15) is 9.90 Å². The maximum absolute atomic E-state index is 10.7. The Hall–Kier alpha value is -0.370. The van der Waals surface area contributed by atoms with Crippen LogP contribution in [0.1, 0.15) is 40.0 Å². The molecular weight excluding hydrogens is 128 g/mol. The first-order chi connectivity index (χ1) is 4.45. The Morgan fingerprint density at radius 3 is 2.30 bits per heavy atom. The maximum Gasteiger partial charge on any atom is 0.132 e. The summed E-state index contributed by atoms with van der Waals surface area (Å²) >= 11 is 0. The van der Waals surface area contributed by atoms with E-state index in [0.29, 0.717) is 19.3 Å². The van der Waals surface area contributed by atoms with E-state index in [1.165, 1.54) is 0 Å². The molecule has 0 heterocycles. The van der Waals surface area contributed by atoms with Gasteiger partial charge in [-0.2, -0.15) is 0 Å². The van der Waals surface area contributed by atoms with Crippen molar-refractivity contribution in [3.8, 4) is 0 Å². The molecule has 0 saturated carbocycles. The van der Waals surface area contributed by atoms with Gasteiger partial charge in [0.25, 0.3) is 0 Å². The number of aliphatic hydroxyl groups is 1. The minimum atomic E-state index is -0.690. The molecule has 0 aromatic rings. The average Bonchev–Trinajstić information content (AvgIpc) is 1.81. The molecule has 0 aromatic heterocycles. The highest BCUT2D eigenvalue weighted by Crippen LogP contribution is 2.10. The number of Topliss-reactive ketones (excluding diaryl/α,β-unsaturated/α-hetero) is 1. The molecule has 10 heavy (non-hydrogen) atoms. The Bertz CT molecular complexity index is 111. The number of carbonyl (C=O) groups is 1. The van der Waals surface area contributed by atoms with E-state index >= 15 is 0 Å². The fraction of sp³-hybridized carbons (Fsp3) is 0.875. The van der Waals surface area contributed by atoms with E-state index in [2.05, 4.69) is 0 Å². The lowest BCUT2D eigenvalue weighted by atomic mass is 10.0. The number of ketones is 1. The van der Waals surface area contributed by atoms with Crippen LogP contribution in [0.15, 0.2) is 0 Å². The van der Waals surface area contributed by atoms with Gasteiger partial charge in [0.1, 0.15) is 5.78 Å². The van der Waals surface area contributed by atoms with E-state index in [1.54, 1.807) is 13.8 Å². The predicted octanol–water partition coefficient (Wildman–Crippen LogP) is 1.52. The van der Waals surface area contributed by atoms with Crippen molar-refractivity contribution in [2.45, 2.75) is 45.6 Å². The van der Waals surface area contributed by atoms with Crippen molar-refractivity contribution in [3.63, 3.8) is 0 Å². The maximum atomic E-state index is 10.7. The van der Waals surface area contributed by atoms with Gasteiger partial charge in [-0.05, 0) is 20.3 Å². The second kappa shape index (κ2) is 3.71. The van der Waals surface area contributed by atoms with Crippen molar-refractivity contribution >= 4 is 5.78 Å². The molecule has 60 valence electrons. The van der Waals surface area contributed by atoms with Crippen molar-refractivity contribution in [2.24, 2.45) is 0 Å². The Morgan fingerprint density at radius 2 is 2.00 bits per heavy atom. The topological polar surface area (TPSA) is 37.3 Å². The molecule has 0 radical (unpaired) electrons. The summed E-state index contributed by atoms with van der Waals surface area (Å²) in [6.07, 6.45) is 1.65. The molecule has 0 aliphatic rings. The van der Waals surface area contributed by atoms with E-state index < -0.39 is 5.60 Å². The Labute approximate surface area is 62.2 Å². The van der Waals surface area contributed by atoms with Gasteiger partial charge in [-0.25, -0.2) is 0 Å². The third-order valence-corrected chi connectivity index (χ3v) is 1.41. The molecule has 2 nitrogen and oxygen atoms in total. The fourth-order valence-corrected chi connectivity index (χ4v) is 0.622. The second-order valence-corrected chi connectivity index (χ2v) is 3.20. The molecule has 0 amide bonds. The molecule has 0 spiro atoms. The van der Waals surface area contributed by atoms with Gasteiger partial charge in [0.2, 0.25) is 0 Å². The highest BCUT2D eigenvalue weighted by molar-refractivity contribution is 5.77. The van der Waals surface area contributed by atoms with E-state index in [4.69, 9.17) is 0 Å². The Morgan fingerprint density at radius 1 is 1.50 bits per heavy atom. The van der Waals surface area contributed by atoms with Crippen LogP contribution in [-0.2, 0) is 4.79 Å². The number of hydrogen-bond acceptors (Lipinski definition) is 2. The molecular formula is C8H16O2. The van der Waals surface area contributed by atoms with E-state index in [0.717, 1.165) is 0 Å². The van der Waals surface area contributed by atoms with Gasteiger partial charge in [-0.15, -0.1) is 0 Å². The van der Waals surface area contributed by atoms with Crippen LogP contribution in [-0.4, -0.2) is 16.5 Å². The normalized spacial score (nSPS) is 11.6. The quantitative estimate of drug-likeness (QED) is 0.649. The van der Waals surface area contributed by atoms with Crippen LogP contribution in [0.25, 0.3) is 0 Å². The molecule has 0 saturated heterocycles. The van der Waals surface area contributed by atoms with Crippen molar-refractivity contribution in [2.75, 3.05) is 0 Å². The smallest absolute Gasteiger partial charge is 0.132 e. The summed E-state index contributed by atoms with van der Waals surface area (Å²) in [7, 11) is 0. The third kappa shape index (κ3) is 5.76. The zero-order valence-electron chi connectivity index (χ0n) is 6.98. The summed E-state index contributed by atoms with van der Waals surface area (Å²) in [4.78, 5) is 10.7. The lowest BCUT2D eigenvalue weighted by Gasteiger charge is -2.15. The van der Waals surface area contributed by atoms with Crippen LogP contribution >= 0.6 is 0 Å². The molecule has 0 atom stereocenters. The largest absolute Gasteiger partial charge is 0.390 e. The molecule has 0 bridgehead atoms. The summed E-state index contributed by atoms with van der Waals surface area (Å²) < 4.78 is 0. The van der Waals surface area contributed by atoms with Gasteiger partial charge in [0.05, 0.1) is 5.60 Å². The van der Waals surface area contributed by atoms with Gasteiger partial charge in [0, 0.05) is 12.8 Å². The van der Waals surface area contributed by atoms with Crippen LogP contribution in [0.3, 0.4) is 0 Å². The zero-order valence-corrected chi connectivity index (χ0v) is 6.98. The number of rotatable bonds is 4. The Kier molecular flexibility index (Phi) is 3.58. The van der Waals surface area contributed by atoms with Crippen LogP contribution in [0.5, 0.6) is 0 Å². The van der Waals surface area contributed by atoms with Gasteiger partial charge >= 0.3 is 0 Å². The average molecular weight is 144 g/mol. The summed E-state index contributed by atoms with van der Waals surface area (Å²) in [5.74, 6) is 0.224. The highest BCUT2D eigenvalue weighted by atomic mass is 16.3. The first kappa shape index (κ1) is 9.63. The van der Waals surface area contributed by atoms with Crippen molar-refractivity contribution < 1.29 is 9.90 Å². The molecule has 0 unspecified atom stereocenters. The van der Waals surface area contributed by atoms with Crippen LogP contribution in [0, 0.1) is 0 Å². The summed E-state index contributed by atoms with van der Waals surface area (Å²) in [5, 5.41) is 9.21. The first-order valence-corrected chi connectivity index (χ1v) is 3.70. The first-order valence-electron chi connectivity index (χ1n) is 3.70. The summed E-state index contributed by atoms with van der Waals surface area (Å²) in [6.45, 7) is 5.28. The molecule has 1 N–H and O–H groups in total. The van der Waals surface area contributed by atoms with Gasteiger partial charge in [0.15, 0.2) is 0 Å². The standard InChI is InChI=1S/C8H16O2/c1-4-7(9)5-6-8(2,3)10/h10H,4-6H2,1-3H3. The number of hydrogen-bond donors (Lipinski definition) is 1. The molecule has 0 aliphatic heterocycles. The summed E-state index contributed by atoms with van der Waals surface area (Å²) in [5.41, 5.74) is -0.690. The predicted molar refractivity (Wildman–Crippen MR) is 40.8 cm³/mol. The summed E-state index contributed by atoms with van der Waals surface area (Å²) in [6, 6.07) is 0. The second-order valence-electron chi connectivity index (χ2n) is 3.20. The lowest BCUT2D eigenvalue weighted by molar-refractivity contribution is -0.119. The van der Waals surface area contributed by atoms with Crippen molar-refractivity contribution in [1.29, 1.82) is 0 Å². The third-order valence-electron chi connectivity index (χ3n) is 1.41. The zero-order chi connectivity index (χ0) is 8.20. The van der Waals surface area contributed by atoms with Gasteiger partial charge in [-0.3, -0.25) is 4.79 Å². The molecule has 0 aliphatic carbocycles. The molecule has 0 rings (SSSR count). The van der Waals surface area contributed by atoms with Crippen LogP contribution in [0.4, 0.5) is 0 Å². The molecule has 2 heteroatoms. The molecule has 0 aromatic carbocycles. The SMILES string of the molecule is CCC(=O)CCC(C)(C)O. The minimum absolute atomic E-state index is 0.224. The minimum Gasteiger partial charge on any atom is -0.390 e. The van der Waals surface area contributed by atoms with Crippen LogP contribution in [0.2, 0.25) is 0 Å². The van der Waals surface area contributed by atoms with Gasteiger partial charge in [-0.1, -0.05) is 6.92 Å². The highest BCUT2D eigenvalue weighted by Gasteiger charge is 2.13. The van der Waals surface area contributed by atoms with Crippen molar-refractivity contribution in [3.05, 3.63) is 0 Å². The van der Waals surface area contributed by atoms with E-state index in [-0.39, 0.29) is 5.78 Å². The monoisotopic (exact) mass is 144 g/mol. The van der Waals surface area contributed by atoms with Crippen molar-refractivity contribution in [1.82, 2.24) is 0 Å². The Balaban J connectivity index is 3.46. The molecule has 0 fully saturated rings. The van der Waals surface area contributed by atoms with Gasteiger partial charge < -0.3 is 5.11 Å². The van der Waals surface area contributed by atoms with E-state index in [1.807, 2.05) is 6.92 Å². The van der Waals surface area contributed by atoms with Crippen LogP contribution < -0.4 is 0 Å². The fourth-order valence-electron chi connectivity index (χ4n) is 0.622. The lowest BCUT2D eigenvalue weighted by Crippen LogP contribution is -2.19.